The van der Waals surface area contributed by atoms with Crippen LogP contribution in [0.5, 0.6) is 0 Å². The monoisotopic (exact) mass is 429 g/mol. The predicted molar refractivity (Wildman–Crippen MR) is 117 cm³/mol. The summed E-state index contributed by atoms with van der Waals surface area (Å²) in [7, 11) is -0.866. The number of carbonyl (C=O) groups excluding carboxylic acids is 2. The van der Waals surface area contributed by atoms with E-state index < -0.39 is 21.3 Å². The van der Waals surface area contributed by atoms with Gasteiger partial charge in [-0.15, -0.1) is 0 Å². The van der Waals surface area contributed by atoms with Crippen LogP contribution in [0.4, 0.5) is 11.4 Å². The van der Waals surface area contributed by atoms with Gasteiger partial charge in [-0.1, -0.05) is 12.1 Å². The summed E-state index contributed by atoms with van der Waals surface area (Å²) in [5.41, 5.74) is 3.17. The number of hydrogen-bond acceptors (Lipinski definition) is 4. The summed E-state index contributed by atoms with van der Waals surface area (Å²) in [6, 6.07) is 10.2. The first-order valence-corrected chi connectivity index (χ1v) is 11.1. The summed E-state index contributed by atoms with van der Waals surface area (Å²) in [4.78, 5) is 26.5. The molecular weight excluding hydrogens is 402 g/mol. The number of amides is 2. The molecule has 1 N–H and O–H groups in total. The van der Waals surface area contributed by atoms with Crippen LogP contribution in [0.3, 0.4) is 0 Å². The van der Waals surface area contributed by atoms with E-state index in [1.165, 1.54) is 24.1 Å². The number of likely N-dealkylation sites (N-methyl/N-ethyl adjacent to an activating group) is 2. The molecule has 0 spiro atoms. The molecule has 0 atom stereocenters. The van der Waals surface area contributed by atoms with E-state index in [0.717, 1.165) is 15.4 Å². The lowest BCUT2D eigenvalue weighted by Crippen LogP contribution is -2.35. The van der Waals surface area contributed by atoms with Crippen molar-refractivity contribution in [1.82, 2.24) is 4.31 Å². The van der Waals surface area contributed by atoms with E-state index in [1.54, 1.807) is 33.0 Å². The van der Waals surface area contributed by atoms with Crippen LogP contribution < -0.4 is 10.2 Å². The number of rotatable bonds is 5. The normalized spacial score (nSPS) is 15.4. The average Bonchev–Trinajstić information content (AvgIpc) is 2.85. The van der Waals surface area contributed by atoms with Gasteiger partial charge in [0.15, 0.2) is 0 Å². The molecule has 1 heterocycles. The zero-order valence-corrected chi connectivity index (χ0v) is 18.9. The zero-order chi connectivity index (χ0) is 22.4. The maximum Gasteiger partial charge on any atom is 0.243 e. The van der Waals surface area contributed by atoms with Crippen molar-refractivity contribution in [2.45, 2.75) is 38.0 Å². The number of anilines is 2. The van der Waals surface area contributed by atoms with Gasteiger partial charge in [0.25, 0.3) is 0 Å². The Balaban J connectivity index is 1.82. The van der Waals surface area contributed by atoms with Crippen molar-refractivity contribution in [2.75, 3.05) is 30.9 Å². The van der Waals surface area contributed by atoms with Crippen LogP contribution >= 0.6 is 0 Å². The lowest BCUT2D eigenvalue weighted by molar-refractivity contribution is -0.121. The van der Waals surface area contributed by atoms with Crippen molar-refractivity contribution in [2.24, 2.45) is 0 Å². The van der Waals surface area contributed by atoms with Crippen LogP contribution in [0.25, 0.3) is 0 Å². The highest BCUT2D eigenvalue weighted by Crippen LogP contribution is 2.41. The van der Waals surface area contributed by atoms with Crippen LogP contribution in [0.15, 0.2) is 41.3 Å². The maximum absolute atomic E-state index is 13.1. The van der Waals surface area contributed by atoms with Crippen LogP contribution in [-0.4, -0.2) is 45.2 Å². The van der Waals surface area contributed by atoms with Crippen molar-refractivity contribution >= 4 is 33.2 Å². The Hall–Kier alpha value is -2.71. The molecule has 2 aromatic rings. The Morgan fingerprint density at radius 1 is 1.17 bits per heavy atom. The number of aryl methyl sites for hydroxylation is 1. The summed E-state index contributed by atoms with van der Waals surface area (Å²) in [5, 5.41) is 2.78. The van der Waals surface area contributed by atoms with Gasteiger partial charge in [0, 0.05) is 25.5 Å². The van der Waals surface area contributed by atoms with E-state index in [0.29, 0.717) is 16.9 Å². The van der Waals surface area contributed by atoms with Gasteiger partial charge in [0.05, 0.1) is 16.9 Å². The third-order valence-corrected chi connectivity index (χ3v) is 7.59. The van der Waals surface area contributed by atoms with Crippen molar-refractivity contribution in [3.8, 4) is 0 Å². The lowest BCUT2D eigenvalue weighted by Gasteiger charge is -2.20. The highest BCUT2D eigenvalue weighted by molar-refractivity contribution is 7.89. The molecule has 7 nitrogen and oxygen atoms in total. The highest BCUT2D eigenvalue weighted by Gasteiger charge is 2.43. The quantitative estimate of drug-likeness (QED) is 0.792. The molecule has 8 heteroatoms. The molecule has 30 heavy (non-hydrogen) atoms. The molecule has 0 aliphatic carbocycles. The van der Waals surface area contributed by atoms with E-state index in [4.69, 9.17) is 0 Å². The number of carbonyl (C=O) groups is 2. The van der Waals surface area contributed by atoms with Crippen LogP contribution in [0.2, 0.25) is 0 Å². The number of hydrogen-bond donors (Lipinski definition) is 1. The second-order valence-corrected chi connectivity index (χ2v) is 10.3. The largest absolute Gasteiger partial charge is 0.325 e. The van der Waals surface area contributed by atoms with E-state index in [1.807, 2.05) is 26.0 Å². The van der Waals surface area contributed by atoms with E-state index in [9.17, 15) is 18.0 Å². The fourth-order valence-electron chi connectivity index (χ4n) is 3.66. The van der Waals surface area contributed by atoms with Crippen molar-refractivity contribution in [1.29, 1.82) is 0 Å². The van der Waals surface area contributed by atoms with Crippen molar-refractivity contribution in [3.05, 3.63) is 53.1 Å². The first-order valence-electron chi connectivity index (χ1n) is 9.62. The first kappa shape index (κ1) is 22.0. The number of nitrogens with zero attached hydrogens (tertiary/aromatic N) is 2. The minimum Gasteiger partial charge on any atom is -0.325 e. The van der Waals surface area contributed by atoms with Gasteiger partial charge in [-0.05, 0) is 68.7 Å². The van der Waals surface area contributed by atoms with Crippen molar-refractivity contribution in [3.63, 3.8) is 0 Å². The fourth-order valence-corrected chi connectivity index (χ4v) is 4.81. The SMILES string of the molecule is Cc1cccc(NC(=O)CN(C)S(=O)(=O)c2ccc3c(c2)C(C)(C)C(=O)N3C)c1C. The third kappa shape index (κ3) is 3.61. The number of benzene rings is 2. The van der Waals surface area contributed by atoms with E-state index in [2.05, 4.69) is 5.32 Å². The molecule has 2 amide bonds. The van der Waals surface area contributed by atoms with Crippen molar-refractivity contribution < 1.29 is 18.0 Å². The van der Waals surface area contributed by atoms with Gasteiger partial charge in [-0.2, -0.15) is 4.31 Å². The van der Waals surface area contributed by atoms with Gasteiger partial charge in [0.2, 0.25) is 21.8 Å². The molecule has 0 fully saturated rings. The second-order valence-electron chi connectivity index (χ2n) is 8.22. The highest BCUT2D eigenvalue weighted by atomic mass is 32.2. The molecule has 3 rings (SSSR count). The fraction of sp³-hybridized carbons (Fsp3) is 0.364. The Kier molecular flexibility index (Phi) is 5.51. The number of fused-ring (bicyclic) bond motifs is 1. The molecular formula is C22H27N3O4S. The summed E-state index contributed by atoms with van der Waals surface area (Å²) in [6.07, 6.45) is 0. The third-order valence-electron chi connectivity index (χ3n) is 5.80. The molecule has 0 saturated carbocycles. The number of sulfonamides is 1. The van der Waals surface area contributed by atoms with Gasteiger partial charge in [0.1, 0.15) is 0 Å². The average molecular weight is 430 g/mol. The molecule has 0 radical (unpaired) electrons. The summed E-state index contributed by atoms with van der Waals surface area (Å²) in [6.45, 7) is 7.06. The molecule has 0 bridgehead atoms. The topological polar surface area (TPSA) is 86.8 Å². The van der Waals surface area contributed by atoms with Gasteiger partial charge < -0.3 is 10.2 Å². The molecule has 1 aliphatic heterocycles. The number of nitrogens with one attached hydrogen (secondary N) is 1. The molecule has 1 aliphatic rings. The predicted octanol–water partition coefficient (Wildman–Crippen LogP) is 2.82. The Morgan fingerprint density at radius 3 is 2.50 bits per heavy atom. The standard InChI is InChI=1S/C22H27N3O4S/c1-14-8-7-9-18(15(14)2)23-20(26)13-24(5)30(28,29)16-10-11-19-17(12-16)22(3,4)21(27)25(19)6/h7-12H,13H2,1-6H3,(H,23,26). The van der Waals surface area contributed by atoms with E-state index in [-0.39, 0.29) is 17.3 Å². The molecule has 0 saturated heterocycles. The second kappa shape index (κ2) is 7.52. The smallest absolute Gasteiger partial charge is 0.243 e. The summed E-state index contributed by atoms with van der Waals surface area (Å²) < 4.78 is 27.1. The van der Waals surface area contributed by atoms with Gasteiger partial charge in [-0.25, -0.2) is 8.42 Å². The van der Waals surface area contributed by atoms with E-state index >= 15 is 0 Å². The minimum atomic E-state index is -3.91. The Labute approximate surface area is 177 Å². The van der Waals surface area contributed by atoms with Crippen LogP contribution in [0.1, 0.15) is 30.5 Å². The molecule has 0 unspecified atom stereocenters. The molecule has 160 valence electrons. The van der Waals surface area contributed by atoms with Crippen LogP contribution in [0, 0.1) is 13.8 Å². The lowest BCUT2D eigenvalue weighted by atomic mass is 9.86. The summed E-state index contributed by atoms with van der Waals surface area (Å²) in [5.74, 6) is -0.514. The zero-order valence-electron chi connectivity index (χ0n) is 18.1. The Bertz CT molecular complexity index is 1140. The maximum atomic E-state index is 13.1. The van der Waals surface area contributed by atoms with Gasteiger partial charge in [-0.3, -0.25) is 9.59 Å². The summed E-state index contributed by atoms with van der Waals surface area (Å²) >= 11 is 0. The van der Waals surface area contributed by atoms with Gasteiger partial charge >= 0.3 is 0 Å². The van der Waals surface area contributed by atoms with Crippen LogP contribution in [-0.2, 0) is 25.0 Å². The first-order chi connectivity index (χ1) is 13.9. The Morgan fingerprint density at radius 2 is 1.83 bits per heavy atom. The molecule has 0 aromatic heterocycles. The molecule has 2 aromatic carbocycles. The minimum absolute atomic E-state index is 0.0551.